The van der Waals surface area contributed by atoms with Gasteiger partial charge in [-0.05, 0) is 63.0 Å². The summed E-state index contributed by atoms with van der Waals surface area (Å²) in [6.07, 6.45) is 4.59. The van der Waals surface area contributed by atoms with E-state index in [0.29, 0.717) is 12.6 Å². The SMILES string of the molecule is COc1ccc(NCC(OC)OC)cc1CCC1CCCN1C. The molecule has 1 aromatic carbocycles. The van der Waals surface area contributed by atoms with Gasteiger partial charge >= 0.3 is 0 Å². The molecule has 130 valence electrons. The fourth-order valence-corrected chi connectivity index (χ4v) is 3.21. The summed E-state index contributed by atoms with van der Waals surface area (Å²) in [6, 6.07) is 6.94. The minimum absolute atomic E-state index is 0.243. The summed E-state index contributed by atoms with van der Waals surface area (Å²) < 4.78 is 15.9. The van der Waals surface area contributed by atoms with Crippen molar-refractivity contribution in [3.8, 4) is 5.75 Å². The van der Waals surface area contributed by atoms with Crippen LogP contribution in [0.4, 0.5) is 5.69 Å². The molecule has 0 spiro atoms. The number of hydrogen-bond donors (Lipinski definition) is 1. The van der Waals surface area contributed by atoms with E-state index in [2.05, 4.69) is 23.3 Å². The molecule has 1 heterocycles. The molecular weight excluding hydrogens is 292 g/mol. The Morgan fingerprint density at radius 3 is 2.65 bits per heavy atom. The molecule has 1 atom stereocenters. The monoisotopic (exact) mass is 322 g/mol. The van der Waals surface area contributed by atoms with Gasteiger partial charge in [-0.3, -0.25) is 0 Å². The summed E-state index contributed by atoms with van der Waals surface area (Å²) in [4.78, 5) is 2.47. The summed E-state index contributed by atoms with van der Waals surface area (Å²) in [6.45, 7) is 1.84. The van der Waals surface area contributed by atoms with Gasteiger partial charge in [-0.1, -0.05) is 0 Å². The van der Waals surface area contributed by atoms with E-state index < -0.39 is 0 Å². The molecule has 1 aliphatic rings. The van der Waals surface area contributed by atoms with Crippen LogP contribution in [0.1, 0.15) is 24.8 Å². The predicted molar refractivity (Wildman–Crippen MR) is 93.3 cm³/mol. The van der Waals surface area contributed by atoms with E-state index in [4.69, 9.17) is 14.2 Å². The van der Waals surface area contributed by atoms with Gasteiger partial charge in [-0.15, -0.1) is 0 Å². The summed E-state index contributed by atoms with van der Waals surface area (Å²) >= 11 is 0. The fourth-order valence-electron chi connectivity index (χ4n) is 3.21. The van der Waals surface area contributed by atoms with E-state index in [-0.39, 0.29) is 6.29 Å². The zero-order valence-electron chi connectivity index (χ0n) is 14.8. The van der Waals surface area contributed by atoms with Crippen LogP contribution in [0, 0.1) is 0 Å². The Balaban J connectivity index is 1.97. The molecule has 0 radical (unpaired) electrons. The molecule has 1 saturated heterocycles. The van der Waals surface area contributed by atoms with E-state index in [0.717, 1.165) is 17.9 Å². The van der Waals surface area contributed by atoms with Gasteiger partial charge in [0.1, 0.15) is 5.75 Å². The van der Waals surface area contributed by atoms with E-state index >= 15 is 0 Å². The van der Waals surface area contributed by atoms with Crippen LogP contribution in [-0.2, 0) is 15.9 Å². The lowest BCUT2D eigenvalue weighted by atomic mass is 10.0. The van der Waals surface area contributed by atoms with Crippen molar-refractivity contribution in [3.05, 3.63) is 23.8 Å². The lowest BCUT2D eigenvalue weighted by molar-refractivity contribution is -0.0914. The molecule has 5 heteroatoms. The average Bonchev–Trinajstić information content (AvgIpc) is 2.99. The second-order valence-corrected chi connectivity index (χ2v) is 6.12. The van der Waals surface area contributed by atoms with Crippen LogP contribution < -0.4 is 10.1 Å². The molecule has 2 rings (SSSR count). The highest BCUT2D eigenvalue weighted by atomic mass is 16.7. The van der Waals surface area contributed by atoms with Gasteiger partial charge in [-0.2, -0.15) is 0 Å². The Kier molecular flexibility index (Phi) is 7.15. The second kappa shape index (κ2) is 9.11. The largest absolute Gasteiger partial charge is 0.496 e. The Hall–Kier alpha value is -1.30. The first-order chi connectivity index (χ1) is 11.2. The quantitative estimate of drug-likeness (QED) is 0.708. The summed E-state index contributed by atoms with van der Waals surface area (Å²) in [5, 5.41) is 3.36. The van der Waals surface area contributed by atoms with Crippen molar-refractivity contribution < 1.29 is 14.2 Å². The summed E-state index contributed by atoms with van der Waals surface area (Å²) in [5.41, 5.74) is 2.32. The number of likely N-dealkylation sites (tertiary alicyclic amines) is 1. The van der Waals surface area contributed by atoms with Crippen LogP contribution in [0.25, 0.3) is 0 Å². The zero-order valence-corrected chi connectivity index (χ0v) is 14.8. The van der Waals surface area contributed by atoms with Crippen LogP contribution >= 0.6 is 0 Å². The highest BCUT2D eigenvalue weighted by molar-refractivity contribution is 5.51. The number of nitrogens with one attached hydrogen (secondary N) is 1. The summed E-state index contributed by atoms with van der Waals surface area (Å²) in [7, 11) is 7.25. The van der Waals surface area contributed by atoms with Crippen LogP contribution in [0.5, 0.6) is 5.75 Å². The number of anilines is 1. The molecule has 1 unspecified atom stereocenters. The Bertz CT molecular complexity index is 477. The Morgan fingerprint density at radius 2 is 2.04 bits per heavy atom. The summed E-state index contributed by atoms with van der Waals surface area (Å²) in [5.74, 6) is 0.964. The maximum Gasteiger partial charge on any atom is 0.173 e. The number of ether oxygens (including phenoxy) is 3. The van der Waals surface area contributed by atoms with Crippen LogP contribution in [-0.4, -0.2) is 58.7 Å². The lowest BCUT2D eigenvalue weighted by Crippen LogP contribution is -2.25. The van der Waals surface area contributed by atoms with Gasteiger partial charge < -0.3 is 24.4 Å². The lowest BCUT2D eigenvalue weighted by Gasteiger charge is -2.20. The predicted octanol–water partition coefficient (Wildman–Crippen LogP) is 2.75. The molecule has 0 saturated carbocycles. The number of aryl methyl sites for hydroxylation is 1. The molecule has 0 aliphatic carbocycles. The van der Waals surface area contributed by atoms with Crippen molar-refractivity contribution in [1.82, 2.24) is 4.90 Å². The number of hydrogen-bond acceptors (Lipinski definition) is 5. The Labute approximate surface area is 139 Å². The van der Waals surface area contributed by atoms with Gasteiger partial charge in [-0.25, -0.2) is 0 Å². The van der Waals surface area contributed by atoms with Crippen LogP contribution in [0.3, 0.4) is 0 Å². The molecule has 1 aromatic rings. The van der Waals surface area contributed by atoms with E-state index in [1.54, 1.807) is 21.3 Å². The normalized spacial score (nSPS) is 18.6. The second-order valence-electron chi connectivity index (χ2n) is 6.12. The van der Waals surface area contributed by atoms with Crippen molar-refractivity contribution in [2.75, 3.05) is 46.8 Å². The van der Waals surface area contributed by atoms with Crippen molar-refractivity contribution in [1.29, 1.82) is 0 Å². The first-order valence-corrected chi connectivity index (χ1v) is 8.34. The van der Waals surface area contributed by atoms with E-state index in [1.807, 2.05) is 12.1 Å². The minimum Gasteiger partial charge on any atom is -0.496 e. The third-order valence-electron chi connectivity index (χ3n) is 4.70. The number of nitrogens with zero attached hydrogens (tertiary/aromatic N) is 1. The van der Waals surface area contributed by atoms with Crippen LogP contribution in [0.15, 0.2) is 18.2 Å². The molecule has 23 heavy (non-hydrogen) atoms. The average molecular weight is 322 g/mol. The molecule has 1 fully saturated rings. The first-order valence-electron chi connectivity index (χ1n) is 8.34. The van der Waals surface area contributed by atoms with E-state index in [9.17, 15) is 0 Å². The molecule has 0 aromatic heterocycles. The van der Waals surface area contributed by atoms with Gasteiger partial charge in [0.05, 0.1) is 13.7 Å². The molecule has 1 aliphatic heterocycles. The van der Waals surface area contributed by atoms with Crippen molar-refractivity contribution in [2.45, 2.75) is 38.0 Å². The van der Waals surface area contributed by atoms with E-state index in [1.165, 1.54) is 31.4 Å². The van der Waals surface area contributed by atoms with Crippen molar-refractivity contribution in [3.63, 3.8) is 0 Å². The number of methoxy groups -OCH3 is 3. The standard InChI is InChI=1S/C18H30N2O3/c1-20-11-5-6-16(20)9-7-14-12-15(8-10-17(14)21-2)19-13-18(22-3)23-4/h8,10,12,16,18-19H,5-7,9,11,13H2,1-4H3. The van der Waals surface area contributed by atoms with Gasteiger partial charge in [0.15, 0.2) is 6.29 Å². The third kappa shape index (κ3) is 5.09. The maximum absolute atomic E-state index is 5.52. The smallest absolute Gasteiger partial charge is 0.173 e. The van der Waals surface area contributed by atoms with Crippen molar-refractivity contribution >= 4 is 5.69 Å². The Morgan fingerprint density at radius 1 is 1.26 bits per heavy atom. The van der Waals surface area contributed by atoms with Crippen molar-refractivity contribution in [2.24, 2.45) is 0 Å². The van der Waals surface area contributed by atoms with Gasteiger partial charge in [0, 0.05) is 25.9 Å². The zero-order chi connectivity index (χ0) is 16.7. The highest BCUT2D eigenvalue weighted by Crippen LogP contribution is 2.27. The molecule has 0 bridgehead atoms. The fraction of sp³-hybridized carbons (Fsp3) is 0.667. The molecular formula is C18H30N2O3. The van der Waals surface area contributed by atoms with Crippen LogP contribution in [0.2, 0.25) is 0 Å². The van der Waals surface area contributed by atoms with Gasteiger partial charge in [0.25, 0.3) is 0 Å². The minimum atomic E-state index is -0.243. The van der Waals surface area contributed by atoms with Gasteiger partial charge in [0.2, 0.25) is 0 Å². The highest BCUT2D eigenvalue weighted by Gasteiger charge is 2.20. The maximum atomic E-state index is 5.52. The number of rotatable bonds is 9. The molecule has 1 N–H and O–H groups in total. The first kappa shape index (κ1) is 18.0. The third-order valence-corrected chi connectivity index (χ3v) is 4.70. The number of benzene rings is 1. The molecule has 0 amide bonds. The topological polar surface area (TPSA) is 43.0 Å². The molecule has 5 nitrogen and oxygen atoms in total.